The van der Waals surface area contributed by atoms with Crippen molar-refractivity contribution in [2.45, 2.75) is 18.2 Å². The number of halogens is 1. The van der Waals surface area contributed by atoms with E-state index in [1.165, 1.54) is 0 Å². The van der Waals surface area contributed by atoms with Gasteiger partial charge in [-0.15, -0.1) is 24.2 Å². The molecule has 0 aromatic heterocycles. The Balaban J connectivity index is 2.79. The van der Waals surface area contributed by atoms with E-state index in [0.717, 1.165) is 16.0 Å². The van der Waals surface area contributed by atoms with Gasteiger partial charge in [0, 0.05) is 11.3 Å². The second-order valence-corrected chi connectivity index (χ2v) is 3.72. The van der Waals surface area contributed by atoms with Gasteiger partial charge < -0.3 is 0 Å². The van der Waals surface area contributed by atoms with E-state index in [-0.39, 0.29) is 11.7 Å². The van der Waals surface area contributed by atoms with Crippen LogP contribution in [0.25, 0.3) is 0 Å². The number of alkyl halides is 1. The van der Waals surface area contributed by atoms with Crippen molar-refractivity contribution in [3.05, 3.63) is 29.3 Å². The van der Waals surface area contributed by atoms with E-state index < -0.39 is 0 Å². The zero-order valence-corrected chi connectivity index (χ0v) is 9.03. The fraction of sp³-hybridized carbons (Fsp3) is 0.300. The minimum atomic E-state index is 0.0491. The molecule has 0 aliphatic heterocycles. The summed E-state index contributed by atoms with van der Waals surface area (Å²) in [5.74, 6) is 0.134. The molecule has 0 saturated heterocycles. The van der Waals surface area contributed by atoms with Crippen molar-refractivity contribution in [1.82, 2.24) is 0 Å². The Bertz CT molecular complexity index is 323. The Morgan fingerprint density at radius 3 is 2.77 bits per heavy atom. The van der Waals surface area contributed by atoms with Crippen molar-refractivity contribution >= 4 is 30.0 Å². The molecule has 0 aliphatic rings. The zero-order valence-electron chi connectivity index (χ0n) is 7.38. The molecule has 1 aromatic carbocycles. The first-order valence-corrected chi connectivity index (χ1v) is 4.98. The topological polar surface area (TPSA) is 17.1 Å². The Hall–Kier alpha value is -0.470. The van der Waals surface area contributed by atoms with Crippen LogP contribution in [0, 0.1) is 6.92 Å². The summed E-state index contributed by atoms with van der Waals surface area (Å²) in [7, 11) is 0. The van der Waals surface area contributed by atoms with Crippen LogP contribution in [-0.4, -0.2) is 11.7 Å². The molecule has 0 aliphatic carbocycles. The summed E-state index contributed by atoms with van der Waals surface area (Å²) in [6, 6.07) is 5.77. The lowest BCUT2D eigenvalue weighted by Gasteiger charge is -2.02. The summed E-state index contributed by atoms with van der Waals surface area (Å²) in [5, 5.41) is 0. The lowest BCUT2D eigenvalue weighted by molar-refractivity contribution is -0.116. The number of hydrogen-bond acceptors (Lipinski definition) is 2. The normalized spacial score (nSPS) is 10.1. The second-order valence-electron chi connectivity index (χ2n) is 2.97. The van der Waals surface area contributed by atoms with Crippen LogP contribution in [0.15, 0.2) is 23.1 Å². The maximum atomic E-state index is 11.0. The number of hydrogen-bond donors (Lipinski definition) is 1. The van der Waals surface area contributed by atoms with E-state index in [9.17, 15) is 4.79 Å². The zero-order chi connectivity index (χ0) is 9.84. The van der Waals surface area contributed by atoms with Gasteiger partial charge >= 0.3 is 0 Å². The van der Waals surface area contributed by atoms with Gasteiger partial charge in [-0.3, -0.25) is 4.79 Å². The Morgan fingerprint density at radius 2 is 2.23 bits per heavy atom. The average molecular weight is 215 g/mol. The van der Waals surface area contributed by atoms with E-state index in [4.69, 9.17) is 11.6 Å². The van der Waals surface area contributed by atoms with Gasteiger partial charge in [0.25, 0.3) is 0 Å². The summed E-state index contributed by atoms with van der Waals surface area (Å²) in [6.07, 6.45) is 0.415. The second kappa shape index (κ2) is 4.68. The van der Waals surface area contributed by atoms with E-state index in [1.54, 1.807) is 0 Å². The number of thiol groups is 1. The Kier molecular flexibility index (Phi) is 3.82. The predicted molar refractivity (Wildman–Crippen MR) is 57.9 cm³/mol. The molecule has 0 atom stereocenters. The monoisotopic (exact) mass is 214 g/mol. The molecule has 1 rings (SSSR count). The average Bonchev–Trinajstić information content (AvgIpc) is 2.11. The van der Waals surface area contributed by atoms with E-state index >= 15 is 0 Å². The van der Waals surface area contributed by atoms with Crippen LogP contribution >= 0.6 is 24.2 Å². The third kappa shape index (κ3) is 3.05. The smallest absolute Gasteiger partial charge is 0.151 e. The minimum absolute atomic E-state index is 0.0491. The number of benzene rings is 1. The predicted octanol–water partition coefficient (Wildman–Crippen LogP) is 2.63. The lowest BCUT2D eigenvalue weighted by Crippen LogP contribution is -2.03. The van der Waals surface area contributed by atoms with Crippen molar-refractivity contribution in [2.24, 2.45) is 0 Å². The molecule has 3 heteroatoms. The van der Waals surface area contributed by atoms with Crippen molar-refractivity contribution in [3.8, 4) is 0 Å². The fourth-order valence-electron chi connectivity index (χ4n) is 1.10. The van der Waals surface area contributed by atoms with Crippen LogP contribution in [0.4, 0.5) is 0 Å². The number of rotatable bonds is 3. The van der Waals surface area contributed by atoms with Gasteiger partial charge in [0.1, 0.15) is 0 Å². The quantitative estimate of drug-likeness (QED) is 0.605. The summed E-state index contributed by atoms with van der Waals surface area (Å²) >= 11 is 9.66. The number of aryl methyl sites for hydroxylation is 1. The van der Waals surface area contributed by atoms with Crippen LogP contribution in [0.5, 0.6) is 0 Å². The van der Waals surface area contributed by atoms with E-state index in [0.29, 0.717) is 6.42 Å². The molecule has 0 saturated carbocycles. The molecule has 0 fully saturated rings. The lowest BCUT2D eigenvalue weighted by atomic mass is 10.1. The van der Waals surface area contributed by atoms with Crippen LogP contribution < -0.4 is 0 Å². The van der Waals surface area contributed by atoms with Gasteiger partial charge in [0.15, 0.2) is 5.78 Å². The third-order valence-electron chi connectivity index (χ3n) is 1.81. The molecule has 13 heavy (non-hydrogen) atoms. The number of ketones is 1. The fourth-order valence-corrected chi connectivity index (χ4v) is 1.34. The van der Waals surface area contributed by atoms with Crippen LogP contribution in [0.2, 0.25) is 0 Å². The highest BCUT2D eigenvalue weighted by Gasteiger charge is 2.02. The van der Waals surface area contributed by atoms with Gasteiger partial charge in [0.05, 0.1) is 5.88 Å². The Labute approximate surface area is 88.5 Å². The summed E-state index contributed by atoms with van der Waals surface area (Å²) < 4.78 is 0. The first-order valence-electron chi connectivity index (χ1n) is 3.99. The summed E-state index contributed by atoms with van der Waals surface area (Å²) in [6.45, 7) is 1.97. The standard InChI is InChI=1S/C10H11ClOS/c1-7-4-8(2-3-10(7)13)5-9(12)6-11/h2-4,13H,5-6H2,1H3. The molecule has 70 valence electrons. The van der Waals surface area contributed by atoms with Gasteiger partial charge in [-0.1, -0.05) is 12.1 Å². The van der Waals surface area contributed by atoms with Gasteiger partial charge in [-0.2, -0.15) is 0 Å². The molecule has 0 heterocycles. The van der Waals surface area contributed by atoms with E-state index in [1.807, 2.05) is 25.1 Å². The maximum absolute atomic E-state index is 11.0. The molecule has 0 unspecified atom stereocenters. The first-order chi connectivity index (χ1) is 6.13. The van der Waals surface area contributed by atoms with Crippen molar-refractivity contribution in [3.63, 3.8) is 0 Å². The summed E-state index contributed by atoms with van der Waals surface area (Å²) in [5.41, 5.74) is 2.09. The number of Topliss-reactive ketones (excluding diaryl/α,β-unsaturated/α-hetero) is 1. The Morgan fingerprint density at radius 1 is 1.54 bits per heavy atom. The van der Waals surface area contributed by atoms with E-state index in [2.05, 4.69) is 12.6 Å². The minimum Gasteiger partial charge on any atom is -0.298 e. The van der Waals surface area contributed by atoms with Gasteiger partial charge in [0.2, 0.25) is 0 Å². The highest BCUT2D eigenvalue weighted by atomic mass is 35.5. The molecular weight excluding hydrogens is 204 g/mol. The maximum Gasteiger partial charge on any atom is 0.151 e. The highest BCUT2D eigenvalue weighted by Crippen LogP contribution is 2.15. The molecule has 0 bridgehead atoms. The van der Waals surface area contributed by atoms with Crippen LogP contribution in [0.1, 0.15) is 11.1 Å². The van der Waals surface area contributed by atoms with Crippen molar-refractivity contribution in [1.29, 1.82) is 0 Å². The van der Waals surface area contributed by atoms with Crippen molar-refractivity contribution in [2.75, 3.05) is 5.88 Å². The molecule has 0 amide bonds. The van der Waals surface area contributed by atoms with Crippen LogP contribution in [0.3, 0.4) is 0 Å². The van der Waals surface area contributed by atoms with Gasteiger partial charge in [-0.25, -0.2) is 0 Å². The molecular formula is C10H11ClOS. The largest absolute Gasteiger partial charge is 0.298 e. The van der Waals surface area contributed by atoms with Crippen LogP contribution in [-0.2, 0) is 11.2 Å². The molecule has 0 N–H and O–H groups in total. The molecule has 1 nitrogen and oxygen atoms in total. The molecule has 1 aromatic rings. The molecule has 0 radical (unpaired) electrons. The molecule has 0 spiro atoms. The van der Waals surface area contributed by atoms with Gasteiger partial charge in [-0.05, 0) is 24.1 Å². The first kappa shape index (κ1) is 10.6. The third-order valence-corrected chi connectivity index (χ3v) is 2.61. The number of carbonyl (C=O) groups is 1. The van der Waals surface area contributed by atoms with Crippen molar-refractivity contribution < 1.29 is 4.79 Å². The summed E-state index contributed by atoms with van der Waals surface area (Å²) in [4.78, 5) is 12.0. The SMILES string of the molecule is Cc1cc(CC(=O)CCl)ccc1S. The highest BCUT2D eigenvalue weighted by molar-refractivity contribution is 7.80. The number of carbonyl (C=O) groups excluding carboxylic acids is 1.